The maximum absolute atomic E-state index is 5.88. The first-order chi connectivity index (χ1) is 6.78. The van der Waals surface area contributed by atoms with Gasteiger partial charge in [0, 0.05) is 6.42 Å². The van der Waals surface area contributed by atoms with E-state index in [0.29, 0.717) is 12.2 Å². The van der Waals surface area contributed by atoms with E-state index in [-0.39, 0.29) is 5.60 Å². The number of hydrogen-bond donors (Lipinski definition) is 0. The first-order valence-electron chi connectivity index (χ1n) is 5.13. The van der Waals surface area contributed by atoms with Crippen LogP contribution in [0.2, 0.25) is 0 Å². The first kappa shape index (κ1) is 8.45. The van der Waals surface area contributed by atoms with Gasteiger partial charge < -0.3 is 9.47 Å². The predicted octanol–water partition coefficient (Wildman–Crippen LogP) is 2.09. The predicted molar refractivity (Wildman–Crippen MR) is 53.0 cm³/mol. The van der Waals surface area contributed by atoms with E-state index < -0.39 is 0 Å². The summed E-state index contributed by atoms with van der Waals surface area (Å²) in [6, 6.07) is 10.4. The molecule has 1 unspecified atom stereocenters. The van der Waals surface area contributed by atoms with E-state index >= 15 is 0 Å². The van der Waals surface area contributed by atoms with Gasteiger partial charge in [-0.3, -0.25) is 0 Å². The highest BCUT2D eigenvalue weighted by atomic mass is 16.6. The van der Waals surface area contributed by atoms with Crippen LogP contribution in [0.4, 0.5) is 0 Å². The molecule has 0 saturated carbocycles. The van der Waals surface area contributed by atoms with Crippen LogP contribution < -0.4 is 0 Å². The van der Waals surface area contributed by atoms with Gasteiger partial charge in [0.1, 0.15) is 6.10 Å². The third-order valence-corrected chi connectivity index (χ3v) is 3.23. The highest BCUT2D eigenvalue weighted by Gasteiger charge is 2.50. The van der Waals surface area contributed by atoms with Crippen LogP contribution in [0.15, 0.2) is 30.3 Å². The molecule has 0 N–H and O–H groups in total. The summed E-state index contributed by atoms with van der Waals surface area (Å²) in [5.74, 6) is 0. The lowest BCUT2D eigenvalue weighted by molar-refractivity contribution is -0.0577. The van der Waals surface area contributed by atoms with E-state index in [2.05, 4.69) is 31.2 Å². The molecule has 0 aliphatic carbocycles. The maximum Gasteiger partial charge on any atom is 0.108 e. The van der Waals surface area contributed by atoms with E-state index in [1.807, 2.05) is 6.07 Å². The minimum absolute atomic E-state index is 0.140. The van der Waals surface area contributed by atoms with Gasteiger partial charge in [0.05, 0.1) is 18.3 Å². The molecule has 0 radical (unpaired) electrons. The van der Waals surface area contributed by atoms with Gasteiger partial charge in [-0.2, -0.15) is 0 Å². The third-order valence-electron chi connectivity index (χ3n) is 3.23. The van der Waals surface area contributed by atoms with Gasteiger partial charge in [0.15, 0.2) is 0 Å². The lowest BCUT2D eigenvalue weighted by atomic mass is 9.88. The van der Waals surface area contributed by atoms with E-state index in [1.54, 1.807) is 0 Å². The highest BCUT2D eigenvalue weighted by molar-refractivity contribution is 5.23. The molecular formula is C12H14O2. The number of ether oxygens (including phenoxy) is 2. The van der Waals surface area contributed by atoms with Crippen molar-refractivity contribution < 1.29 is 9.47 Å². The molecule has 3 rings (SSSR count). The second-order valence-corrected chi connectivity index (χ2v) is 4.32. The van der Waals surface area contributed by atoms with Crippen molar-refractivity contribution >= 4 is 0 Å². The Morgan fingerprint density at radius 3 is 2.71 bits per heavy atom. The number of rotatable bonds is 1. The Kier molecular flexibility index (Phi) is 1.70. The van der Waals surface area contributed by atoms with Gasteiger partial charge in [-0.1, -0.05) is 30.3 Å². The van der Waals surface area contributed by atoms with Crippen LogP contribution in [0.5, 0.6) is 0 Å². The van der Waals surface area contributed by atoms with Gasteiger partial charge in [0.25, 0.3) is 0 Å². The summed E-state index contributed by atoms with van der Waals surface area (Å²) in [6.07, 6.45) is 1.81. The molecule has 0 bridgehead atoms. The van der Waals surface area contributed by atoms with Crippen LogP contribution in [0.1, 0.15) is 18.9 Å². The summed E-state index contributed by atoms with van der Waals surface area (Å²) in [5, 5.41) is 0. The monoisotopic (exact) mass is 190 g/mol. The Labute approximate surface area is 83.8 Å². The van der Waals surface area contributed by atoms with E-state index in [9.17, 15) is 0 Å². The average molecular weight is 190 g/mol. The van der Waals surface area contributed by atoms with E-state index in [0.717, 1.165) is 13.0 Å². The Bertz CT molecular complexity index is 335. The molecule has 2 heteroatoms. The molecule has 0 amide bonds. The van der Waals surface area contributed by atoms with Crippen LogP contribution in [-0.2, 0) is 15.1 Å². The molecule has 2 aliphatic rings. The Hall–Kier alpha value is -0.860. The quantitative estimate of drug-likeness (QED) is 0.632. The number of epoxide rings is 1. The zero-order valence-electron chi connectivity index (χ0n) is 8.27. The van der Waals surface area contributed by atoms with E-state index in [4.69, 9.17) is 9.47 Å². The molecule has 14 heavy (non-hydrogen) atoms. The zero-order valence-corrected chi connectivity index (χ0v) is 8.27. The summed E-state index contributed by atoms with van der Waals surface area (Å²) >= 11 is 0. The summed E-state index contributed by atoms with van der Waals surface area (Å²) in [7, 11) is 0. The van der Waals surface area contributed by atoms with Crippen molar-refractivity contribution in [3.63, 3.8) is 0 Å². The van der Waals surface area contributed by atoms with Gasteiger partial charge >= 0.3 is 0 Å². The molecule has 2 nitrogen and oxygen atoms in total. The van der Waals surface area contributed by atoms with Crippen LogP contribution in [-0.4, -0.2) is 18.8 Å². The van der Waals surface area contributed by atoms with Crippen LogP contribution >= 0.6 is 0 Å². The molecule has 1 aromatic rings. The minimum atomic E-state index is -0.140. The molecule has 3 atom stereocenters. The standard InChI is InChI=1S/C12H14O2/c1-12(9-5-3-2-4-6-9)7-10-11(14-10)8-13-12/h2-6,10-11H,7-8H2,1H3/t10-,11+,12?/m1/s1. The Morgan fingerprint density at radius 1 is 1.21 bits per heavy atom. The third kappa shape index (κ3) is 1.26. The minimum Gasteiger partial charge on any atom is -0.368 e. The van der Waals surface area contributed by atoms with E-state index in [1.165, 1.54) is 5.56 Å². The van der Waals surface area contributed by atoms with Crippen molar-refractivity contribution in [3.05, 3.63) is 35.9 Å². The fourth-order valence-corrected chi connectivity index (χ4v) is 2.21. The lowest BCUT2D eigenvalue weighted by Gasteiger charge is -2.32. The molecule has 2 fully saturated rings. The lowest BCUT2D eigenvalue weighted by Crippen LogP contribution is -2.34. The van der Waals surface area contributed by atoms with Gasteiger partial charge in [-0.25, -0.2) is 0 Å². The van der Waals surface area contributed by atoms with Crippen molar-refractivity contribution in [2.75, 3.05) is 6.61 Å². The number of fused-ring (bicyclic) bond motifs is 1. The number of benzene rings is 1. The second-order valence-electron chi connectivity index (χ2n) is 4.32. The molecule has 0 spiro atoms. The van der Waals surface area contributed by atoms with Crippen LogP contribution in [0.25, 0.3) is 0 Å². The summed E-state index contributed by atoms with van der Waals surface area (Å²) < 4.78 is 11.4. The summed E-state index contributed by atoms with van der Waals surface area (Å²) in [4.78, 5) is 0. The second kappa shape index (κ2) is 2.81. The van der Waals surface area contributed by atoms with Gasteiger partial charge in [-0.15, -0.1) is 0 Å². The topological polar surface area (TPSA) is 21.8 Å². The van der Waals surface area contributed by atoms with Crippen LogP contribution in [0.3, 0.4) is 0 Å². The van der Waals surface area contributed by atoms with Gasteiger partial charge in [-0.05, 0) is 12.5 Å². The molecular weight excluding hydrogens is 176 g/mol. The SMILES string of the molecule is CC1(c2ccccc2)C[C@H]2O[C@H]2CO1. The average Bonchev–Trinajstić information content (AvgIpc) is 2.97. The molecule has 2 aliphatic heterocycles. The molecule has 2 heterocycles. The van der Waals surface area contributed by atoms with Crippen LogP contribution in [0, 0.1) is 0 Å². The molecule has 0 aromatic heterocycles. The smallest absolute Gasteiger partial charge is 0.108 e. The fraction of sp³-hybridized carbons (Fsp3) is 0.500. The Morgan fingerprint density at radius 2 is 2.00 bits per heavy atom. The summed E-state index contributed by atoms with van der Waals surface area (Å²) in [5.41, 5.74) is 1.12. The fourth-order valence-electron chi connectivity index (χ4n) is 2.21. The van der Waals surface area contributed by atoms with Crippen molar-refractivity contribution in [3.8, 4) is 0 Å². The molecule has 74 valence electrons. The Balaban J connectivity index is 1.89. The zero-order chi connectivity index (χ0) is 9.60. The maximum atomic E-state index is 5.88. The van der Waals surface area contributed by atoms with Crippen molar-refractivity contribution in [1.82, 2.24) is 0 Å². The molecule has 2 saturated heterocycles. The van der Waals surface area contributed by atoms with Crippen molar-refractivity contribution in [1.29, 1.82) is 0 Å². The summed E-state index contributed by atoms with van der Waals surface area (Å²) in [6.45, 7) is 2.90. The van der Waals surface area contributed by atoms with Crippen molar-refractivity contribution in [2.45, 2.75) is 31.2 Å². The molecule has 1 aromatic carbocycles. The largest absolute Gasteiger partial charge is 0.368 e. The van der Waals surface area contributed by atoms with Gasteiger partial charge in [0.2, 0.25) is 0 Å². The normalized spacial score (nSPS) is 40.4. The number of hydrogen-bond acceptors (Lipinski definition) is 2. The first-order valence-corrected chi connectivity index (χ1v) is 5.13. The van der Waals surface area contributed by atoms with Crippen molar-refractivity contribution in [2.24, 2.45) is 0 Å². The highest BCUT2D eigenvalue weighted by Crippen LogP contribution is 2.43.